The second kappa shape index (κ2) is 9.58. The van der Waals surface area contributed by atoms with Gasteiger partial charge in [-0.3, -0.25) is 4.79 Å². The average Bonchev–Trinajstić information content (AvgIpc) is 2.59. The van der Waals surface area contributed by atoms with E-state index < -0.39 is 28.4 Å². The van der Waals surface area contributed by atoms with E-state index in [-0.39, 0.29) is 33.6 Å². The Labute approximate surface area is 215 Å². The van der Waals surface area contributed by atoms with Crippen molar-refractivity contribution in [2.24, 2.45) is 0 Å². The number of hydrogen-bond acceptors (Lipinski definition) is 6. The van der Waals surface area contributed by atoms with Crippen molar-refractivity contribution in [3.8, 4) is 0 Å². The first-order valence-electron chi connectivity index (χ1n) is 12.7. The number of ether oxygens (including phenoxy) is 2. The molecule has 0 aromatic heterocycles. The summed E-state index contributed by atoms with van der Waals surface area (Å²) in [4.78, 5) is 26.7. The van der Waals surface area contributed by atoms with Crippen molar-refractivity contribution in [2.45, 2.75) is 136 Å². The van der Waals surface area contributed by atoms with Crippen LogP contribution in [0.3, 0.4) is 0 Å². The van der Waals surface area contributed by atoms with Crippen LogP contribution in [-0.4, -0.2) is 46.4 Å². The summed E-state index contributed by atoms with van der Waals surface area (Å²) >= 11 is 0. The molecule has 2 unspecified atom stereocenters. The van der Waals surface area contributed by atoms with Gasteiger partial charge in [-0.05, 0) is 55.7 Å². The Bertz CT molecular complexity index is 928. The fraction of sp³-hybridized carbons (Fsp3) is 0.778. The fourth-order valence-corrected chi connectivity index (χ4v) is 6.67. The number of carbonyl (C=O) groups is 2. The highest BCUT2D eigenvalue weighted by Gasteiger charge is 2.46. The Balaban J connectivity index is 2.53. The maximum Gasteiger partial charge on any atom is 0.348 e. The Morgan fingerprint density at radius 3 is 1.86 bits per heavy atom. The number of hydrogen-bond donors (Lipinski definition) is 0. The Hall–Kier alpha value is -1.23. The first kappa shape index (κ1) is 30.0. The van der Waals surface area contributed by atoms with Crippen molar-refractivity contribution in [1.82, 2.24) is 0 Å². The van der Waals surface area contributed by atoms with Gasteiger partial charge in [0.25, 0.3) is 0 Å². The van der Waals surface area contributed by atoms with E-state index in [0.717, 1.165) is 5.57 Å². The molecule has 0 spiro atoms. The summed E-state index contributed by atoms with van der Waals surface area (Å²) in [6, 6.07) is 0. The van der Waals surface area contributed by atoms with Gasteiger partial charge in [0.2, 0.25) is 5.79 Å². The second-order valence-corrected chi connectivity index (χ2v) is 23.1. The smallest absolute Gasteiger partial charge is 0.348 e. The van der Waals surface area contributed by atoms with E-state index in [1.165, 1.54) is 0 Å². The monoisotopic (exact) mass is 524 g/mol. The minimum absolute atomic E-state index is 0.0242. The molecule has 8 heteroatoms. The summed E-state index contributed by atoms with van der Waals surface area (Å²) in [6.45, 7) is 29.1. The van der Waals surface area contributed by atoms with Gasteiger partial charge in [-0.1, -0.05) is 41.5 Å². The van der Waals surface area contributed by atoms with Crippen molar-refractivity contribution in [3.63, 3.8) is 0 Å². The largest absolute Gasteiger partial charge is 0.456 e. The summed E-state index contributed by atoms with van der Waals surface area (Å²) in [5.74, 6) is -1.78. The van der Waals surface area contributed by atoms with Gasteiger partial charge < -0.3 is 18.3 Å². The van der Waals surface area contributed by atoms with Crippen molar-refractivity contribution in [2.75, 3.05) is 0 Å². The van der Waals surface area contributed by atoms with Crippen LogP contribution in [0.2, 0.25) is 36.3 Å². The summed E-state index contributed by atoms with van der Waals surface area (Å²) < 4.78 is 24.8. The molecule has 1 heterocycles. The predicted octanol–water partition coefficient (Wildman–Crippen LogP) is 7.03. The second-order valence-electron chi connectivity index (χ2n) is 13.6. The lowest BCUT2D eigenvalue weighted by atomic mass is 9.84. The summed E-state index contributed by atoms with van der Waals surface area (Å²) in [5, 5.41) is 0.0608. The molecule has 0 radical (unpaired) electrons. The third-order valence-electron chi connectivity index (χ3n) is 8.17. The number of rotatable bonds is 6. The quantitative estimate of drug-likeness (QED) is 0.211. The molecule has 0 bridgehead atoms. The van der Waals surface area contributed by atoms with Crippen LogP contribution >= 0.6 is 0 Å². The topological polar surface area (TPSA) is 71.1 Å². The molecule has 0 saturated carbocycles. The molecule has 2 rings (SSSR count). The zero-order chi connectivity index (χ0) is 27.4. The fourth-order valence-electron chi connectivity index (χ4n) is 3.97. The average molecular weight is 525 g/mol. The van der Waals surface area contributed by atoms with E-state index in [2.05, 4.69) is 67.7 Å². The van der Waals surface area contributed by atoms with E-state index in [1.807, 2.05) is 6.92 Å². The van der Waals surface area contributed by atoms with Crippen LogP contribution in [0.5, 0.6) is 0 Å². The van der Waals surface area contributed by atoms with E-state index in [4.69, 9.17) is 18.3 Å². The maximum atomic E-state index is 13.8. The van der Waals surface area contributed by atoms with Gasteiger partial charge in [-0.15, -0.1) is 0 Å². The highest BCUT2D eigenvalue weighted by atomic mass is 28.4. The van der Waals surface area contributed by atoms with Crippen molar-refractivity contribution < 1.29 is 27.9 Å². The zero-order valence-corrected chi connectivity index (χ0v) is 26.5. The number of cyclic esters (lactones) is 1. The summed E-state index contributed by atoms with van der Waals surface area (Å²) in [7, 11) is -4.22. The maximum absolute atomic E-state index is 13.8. The first-order chi connectivity index (χ1) is 15.5. The molecule has 2 atom stereocenters. The number of Topliss-reactive ketones (excluding diaryl/α,β-unsaturated/α-hetero) is 1. The predicted molar refractivity (Wildman–Crippen MR) is 145 cm³/mol. The highest BCUT2D eigenvalue weighted by Crippen LogP contribution is 2.44. The molecule has 0 amide bonds. The normalized spacial score (nSPS) is 24.3. The standard InChI is InChI=1S/C27H48O6Si2/c1-17-20(23(28)22-18(2)30-27(9,10)31-24(22)29)15-19(32-34(11,12)25(3,4)5)16-21(17)33-35(13,14)26(6,7)8/h19,21H,15-16H2,1-14H3. The van der Waals surface area contributed by atoms with E-state index >= 15 is 0 Å². The van der Waals surface area contributed by atoms with Crippen molar-refractivity contribution in [3.05, 3.63) is 22.5 Å². The number of esters is 1. The molecular formula is C27H48O6Si2. The van der Waals surface area contributed by atoms with Crippen LogP contribution in [0, 0.1) is 0 Å². The van der Waals surface area contributed by atoms with Gasteiger partial charge in [0, 0.05) is 32.3 Å². The van der Waals surface area contributed by atoms with Gasteiger partial charge in [-0.2, -0.15) is 0 Å². The number of ketones is 1. The third-order valence-corrected chi connectivity index (χ3v) is 17.2. The van der Waals surface area contributed by atoms with Crippen molar-refractivity contribution >= 4 is 28.4 Å². The molecule has 0 fully saturated rings. The first-order valence-corrected chi connectivity index (χ1v) is 18.5. The summed E-state index contributed by atoms with van der Waals surface area (Å²) in [5.41, 5.74) is 1.43. The van der Waals surface area contributed by atoms with E-state index in [0.29, 0.717) is 24.2 Å². The molecule has 1 aliphatic carbocycles. The molecule has 200 valence electrons. The number of carbonyl (C=O) groups excluding carboxylic acids is 2. The lowest BCUT2D eigenvalue weighted by Gasteiger charge is -2.45. The Kier molecular flexibility index (Phi) is 8.21. The lowest BCUT2D eigenvalue weighted by molar-refractivity contribution is -0.207. The van der Waals surface area contributed by atoms with Crippen LogP contribution in [-0.2, 0) is 27.9 Å². The molecular weight excluding hydrogens is 476 g/mol. The van der Waals surface area contributed by atoms with Crippen LogP contribution in [0.25, 0.3) is 0 Å². The zero-order valence-electron chi connectivity index (χ0n) is 24.5. The third kappa shape index (κ3) is 6.56. The molecule has 0 aromatic rings. The van der Waals surface area contributed by atoms with Crippen LogP contribution in [0.15, 0.2) is 22.5 Å². The van der Waals surface area contributed by atoms with Gasteiger partial charge in [0.05, 0.1) is 12.2 Å². The number of allylic oxidation sites excluding steroid dienone is 1. The van der Waals surface area contributed by atoms with Crippen molar-refractivity contribution in [1.29, 1.82) is 0 Å². The Morgan fingerprint density at radius 1 is 0.914 bits per heavy atom. The molecule has 0 aromatic carbocycles. The molecule has 0 N–H and O–H groups in total. The summed E-state index contributed by atoms with van der Waals surface area (Å²) in [6.07, 6.45) is 0.748. The van der Waals surface area contributed by atoms with E-state index in [9.17, 15) is 9.59 Å². The minimum Gasteiger partial charge on any atom is -0.456 e. The Morgan fingerprint density at radius 2 is 1.40 bits per heavy atom. The highest BCUT2D eigenvalue weighted by molar-refractivity contribution is 6.74. The van der Waals surface area contributed by atoms with Crippen LogP contribution < -0.4 is 0 Å². The van der Waals surface area contributed by atoms with Gasteiger partial charge in [0.15, 0.2) is 22.4 Å². The van der Waals surface area contributed by atoms with Gasteiger partial charge in [-0.25, -0.2) is 4.79 Å². The minimum atomic E-state index is -2.13. The van der Waals surface area contributed by atoms with Crippen LogP contribution in [0.4, 0.5) is 0 Å². The molecule has 1 aliphatic heterocycles. The van der Waals surface area contributed by atoms with Gasteiger partial charge >= 0.3 is 5.97 Å². The lowest BCUT2D eigenvalue weighted by Crippen LogP contribution is -2.49. The molecule has 35 heavy (non-hydrogen) atoms. The molecule has 2 aliphatic rings. The SMILES string of the molecule is CC1=C(C(=O)C2=C(C)C(O[Si](C)(C)C(C)(C)C)CC(O[Si](C)(C)C(C)(C)C)C2)C(=O)OC(C)(C)O1. The van der Waals surface area contributed by atoms with Gasteiger partial charge in [0.1, 0.15) is 11.3 Å². The molecule has 0 saturated heterocycles. The van der Waals surface area contributed by atoms with E-state index in [1.54, 1.807) is 20.8 Å². The molecule has 6 nitrogen and oxygen atoms in total. The van der Waals surface area contributed by atoms with Crippen LogP contribution in [0.1, 0.15) is 82.1 Å².